The van der Waals surface area contributed by atoms with Gasteiger partial charge in [-0.25, -0.2) is 22.4 Å². The highest BCUT2D eigenvalue weighted by atomic mass is 28.3. The van der Waals surface area contributed by atoms with Crippen LogP contribution in [0.3, 0.4) is 0 Å². The van der Waals surface area contributed by atoms with Crippen molar-refractivity contribution in [2.45, 2.75) is 19.6 Å². The fourth-order valence-electron chi connectivity index (χ4n) is 2.54. The molecule has 1 heterocycles. The summed E-state index contributed by atoms with van der Waals surface area (Å²) in [6.07, 6.45) is 0.950. The van der Waals surface area contributed by atoms with Crippen LogP contribution < -0.4 is 10.2 Å². The molecule has 154 valence electrons. The van der Waals surface area contributed by atoms with E-state index < -0.39 is 54.1 Å². The number of nitrogens with one attached hydrogen (secondary N) is 1. The zero-order chi connectivity index (χ0) is 22.2. The van der Waals surface area contributed by atoms with Crippen molar-refractivity contribution in [3.05, 3.63) is 75.1 Å². The lowest BCUT2D eigenvalue weighted by Gasteiger charge is -2.09. The number of aromatic nitrogens is 1. The van der Waals surface area contributed by atoms with Crippen LogP contribution in [0.4, 0.5) is 17.6 Å². The summed E-state index contributed by atoms with van der Waals surface area (Å²) in [5.41, 5.74) is 0.974. The van der Waals surface area contributed by atoms with Crippen LogP contribution >= 0.6 is 0 Å². The van der Waals surface area contributed by atoms with Gasteiger partial charge in [-0.15, -0.1) is 5.54 Å². The number of esters is 1. The van der Waals surface area contributed by atoms with Gasteiger partial charge in [-0.2, -0.15) is 0 Å². The number of H-pyrrole nitrogens is 1. The highest BCUT2D eigenvalue weighted by Crippen LogP contribution is 2.22. The predicted octanol–water partition coefficient (Wildman–Crippen LogP) is 4.53. The van der Waals surface area contributed by atoms with Crippen LogP contribution in [0.5, 0.6) is 5.75 Å². The molecule has 0 bridgehead atoms. The molecule has 1 N–H and O–H groups in total. The van der Waals surface area contributed by atoms with Crippen molar-refractivity contribution < 1.29 is 27.1 Å². The molecule has 30 heavy (non-hydrogen) atoms. The van der Waals surface area contributed by atoms with Crippen molar-refractivity contribution in [1.82, 2.24) is 4.98 Å². The second kappa shape index (κ2) is 7.80. The predicted molar refractivity (Wildman–Crippen MR) is 106 cm³/mol. The third kappa shape index (κ3) is 4.28. The number of hydrogen-bond donors (Lipinski definition) is 1. The Kier molecular flexibility index (Phi) is 5.54. The number of fused-ring (bicyclic) bond motifs is 1. The zero-order valence-corrected chi connectivity index (χ0v) is 17.1. The topological polar surface area (TPSA) is 59.2 Å². The molecule has 0 atom stereocenters. The molecule has 0 aliphatic carbocycles. The van der Waals surface area contributed by atoms with Crippen molar-refractivity contribution in [1.29, 1.82) is 0 Å². The molecule has 0 aliphatic rings. The highest BCUT2D eigenvalue weighted by Gasteiger charge is 2.21. The first-order valence-corrected chi connectivity index (χ1v) is 12.2. The summed E-state index contributed by atoms with van der Waals surface area (Å²) < 4.78 is 59.9. The van der Waals surface area contributed by atoms with Crippen molar-refractivity contribution in [3.8, 4) is 17.2 Å². The normalized spacial score (nSPS) is 11.2. The van der Waals surface area contributed by atoms with Crippen LogP contribution in [-0.2, 0) is 0 Å². The highest BCUT2D eigenvalue weighted by molar-refractivity contribution is 6.83. The van der Waals surface area contributed by atoms with Crippen LogP contribution in [-0.4, -0.2) is 19.0 Å². The second-order valence-corrected chi connectivity index (χ2v) is 12.2. The monoisotopic (exact) mass is 433 g/mol. The van der Waals surface area contributed by atoms with Gasteiger partial charge in [0.1, 0.15) is 19.5 Å². The maximum absolute atomic E-state index is 14.3. The van der Waals surface area contributed by atoms with Gasteiger partial charge in [-0.1, -0.05) is 25.6 Å². The molecule has 0 fully saturated rings. The molecule has 0 spiro atoms. The van der Waals surface area contributed by atoms with E-state index in [2.05, 4.69) is 16.4 Å². The Morgan fingerprint density at radius 1 is 1.07 bits per heavy atom. The van der Waals surface area contributed by atoms with Crippen LogP contribution in [0.15, 0.2) is 35.3 Å². The molecule has 1 aromatic heterocycles. The largest absolute Gasteiger partial charge is 0.420 e. The molecule has 3 aromatic rings. The van der Waals surface area contributed by atoms with Crippen molar-refractivity contribution >= 4 is 24.9 Å². The van der Waals surface area contributed by atoms with Crippen molar-refractivity contribution in [2.75, 3.05) is 0 Å². The Labute approximate surface area is 169 Å². The Bertz CT molecular complexity index is 1300. The lowest BCUT2D eigenvalue weighted by molar-refractivity contribution is 0.0726. The van der Waals surface area contributed by atoms with Crippen molar-refractivity contribution in [3.63, 3.8) is 0 Å². The molecular formula is C21H15F4NO3Si. The fraction of sp³-hybridized carbons (Fsp3) is 0.143. The Morgan fingerprint density at radius 2 is 1.77 bits per heavy atom. The maximum atomic E-state index is 14.3. The summed E-state index contributed by atoms with van der Waals surface area (Å²) in [7, 11) is -1.94. The standard InChI is InChI=1S/C21H15F4NO3Si/c1-30(2,3)7-6-12-18(25)16(24)9-13-19(12)26-10-14(20(13)27)21(28)29-17-5-4-11(22)8-15(17)23/h4-5,8-10H,1-3H3,(H,26,27). The molecule has 0 saturated heterocycles. The molecular weight excluding hydrogens is 418 g/mol. The molecule has 0 aliphatic heterocycles. The third-order valence-electron chi connectivity index (χ3n) is 3.95. The first kappa shape index (κ1) is 21.3. The Balaban J connectivity index is 2.12. The number of halogens is 4. The molecule has 0 radical (unpaired) electrons. The fourth-order valence-corrected chi connectivity index (χ4v) is 3.04. The summed E-state index contributed by atoms with van der Waals surface area (Å²) in [5.74, 6) is -3.78. The lowest BCUT2D eigenvalue weighted by atomic mass is 10.1. The smallest absolute Gasteiger partial charge is 0.349 e. The molecule has 4 nitrogen and oxygen atoms in total. The molecule has 2 aromatic carbocycles. The summed E-state index contributed by atoms with van der Waals surface area (Å²) in [4.78, 5) is 27.6. The summed E-state index contributed by atoms with van der Waals surface area (Å²) in [6, 6.07) is 2.92. The number of ether oxygens (including phenoxy) is 1. The number of carbonyl (C=O) groups excluding carboxylic acids is 1. The lowest BCUT2D eigenvalue weighted by Crippen LogP contribution is -2.21. The number of hydrogen-bond acceptors (Lipinski definition) is 3. The van der Waals surface area contributed by atoms with E-state index in [4.69, 9.17) is 4.74 Å². The van der Waals surface area contributed by atoms with Gasteiger partial charge in [0.05, 0.1) is 16.5 Å². The first-order chi connectivity index (χ1) is 14.0. The minimum Gasteiger partial charge on any atom is -0.420 e. The van der Waals surface area contributed by atoms with E-state index in [0.717, 1.165) is 18.3 Å². The van der Waals surface area contributed by atoms with E-state index in [1.807, 2.05) is 19.6 Å². The third-order valence-corrected chi connectivity index (χ3v) is 4.82. The van der Waals surface area contributed by atoms with E-state index in [1.54, 1.807) is 0 Å². The SMILES string of the molecule is C[Si](C)(C)C#Cc1c(F)c(F)cc2c(=O)c(C(=O)Oc3ccc(F)cc3F)c[nH]c12. The summed E-state index contributed by atoms with van der Waals surface area (Å²) in [6.45, 7) is 5.72. The quantitative estimate of drug-likeness (QED) is 0.212. The Hall–Kier alpha value is -3.38. The van der Waals surface area contributed by atoms with Gasteiger partial charge in [0.15, 0.2) is 23.2 Å². The second-order valence-electron chi connectivity index (χ2n) is 7.47. The van der Waals surface area contributed by atoms with E-state index in [9.17, 15) is 27.2 Å². The van der Waals surface area contributed by atoms with E-state index in [0.29, 0.717) is 12.1 Å². The Morgan fingerprint density at radius 3 is 2.40 bits per heavy atom. The average molecular weight is 433 g/mol. The molecule has 9 heteroatoms. The van der Waals surface area contributed by atoms with Gasteiger partial charge in [-0.3, -0.25) is 4.79 Å². The van der Waals surface area contributed by atoms with E-state index >= 15 is 0 Å². The number of aromatic amines is 1. The number of carbonyl (C=O) groups is 1. The average Bonchev–Trinajstić information content (AvgIpc) is 2.64. The number of pyridine rings is 1. The maximum Gasteiger partial charge on any atom is 0.349 e. The summed E-state index contributed by atoms with van der Waals surface area (Å²) >= 11 is 0. The van der Waals surface area contributed by atoms with E-state index in [-0.39, 0.29) is 16.5 Å². The molecule has 3 rings (SSSR count). The van der Waals surface area contributed by atoms with Crippen LogP contribution in [0.1, 0.15) is 15.9 Å². The van der Waals surface area contributed by atoms with E-state index in [1.165, 1.54) is 0 Å². The number of rotatable bonds is 2. The van der Waals surface area contributed by atoms with Gasteiger partial charge in [0.2, 0.25) is 5.43 Å². The molecule has 0 amide bonds. The van der Waals surface area contributed by atoms with Gasteiger partial charge >= 0.3 is 5.97 Å². The zero-order valence-electron chi connectivity index (χ0n) is 16.1. The van der Waals surface area contributed by atoms with Crippen LogP contribution in [0, 0.1) is 34.7 Å². The minimum absolute atomic E-state index is 0.0748. The van der Waals surface area contributed by atoms with Gasteiger partial charge in [0.25, 0.3) is 0 Å². The van der Waals surface area contributed by atoms with Gasteiger partial charge in [-0.05, 0) is 18.2 Å². The van der Waals surface area contributed by atoms with Crippen LogP contribution in [0.25, 0.3) is 10.9 Å². The minimum atomic E-state index is -1.94. The number of benzene rings is 2. The van der Waals surface area contributed by atoms with Gasteiger partial charge in [0, 0.05) is 12.3 Å². The molecule has 0 saturated carbocycles. The summed E-state index contributed by atoms with van der Waals surface area (Å²) in [5, 5.41) is -0.317. The van der Waals surface area contributed by atoms with Crippen LogP contribution in [0.2, 0.25) is 19.6 Å². The molecule has 0 unspecified atom stereocenters. The van der Waals surface area contributed by atoms with Crippen molar-refractivity contribution in [2.24, 2.45) is 0 Å². The van der Waals surface area contributed by atoms with Gasteiger partial charge < -0.3 is 9.72 Å². The first-order valence-electron chi connectivity index (χ1n) is 8.72.